The Balaban J connectivity index is 1.44. The van der Waals surface area contributed by atoms with Crippen LogP contribution in [0.3, 0.4) is 0 Å². The van der Waals surface area contributed by atoms with Crippen LogP contribution in [0.1, 0.15) is 45.5 Å². The molecule has 2 amide bonds. The largest absolute Gasteiger partial charge is 0.573 e. The van der Waals surface area contributed by atoms with Crippen molar-refractivity contribution in [1.82, 2.24) is 10.2 Å². The van der Waals surface area contributed by atoms with Crippen molar-refractivity contribution in [2.24, 2.45) is 0 Å². The highest BCUT2D eigenvalue weighted by atomic mass is 19.4. The van der Waals surface area contributed by atoms with Crippen LogP contribution in [0.25, 0.3) is 0 Å². The highest BCUT2D eigenvalue weighted by molar-refractivity contribution is 6.04. The van der Waals surface area contributed by atoms with Crippen molar-refractivity contribution < 1.29 is 27.5 Å². The van der Waals surface area contributed by atoms with E-state index in [1.54, 1.807) is 18.2 Å². The van der Waals surface area contributed by atoms with Gasteiger partial charge in [0.05, 0.1) is 11.3 Å². The molecule has 1 N–H and O–H groups in total. The molecule has 2 aliphatic heterocycles. The molecule has 2 aromatic rings. The molecule has 0 spiro atoms. The minimum absolute atomic E-state index is 0.00416. The number of nitrogens with one attached hydrogen (secondary N) is 1. The molecular weight excluding hydrogens is 411 g/mol. The number of carbonyl (C=O) groups is 2. The van der Waals surface area contributed by atoms with E-state index in [0.29, 0.717) is 16.7 Å². The molecular formula is C22H22F3N3O3. The highest BCUT2D eigenvalue weighted by Crippen LogP contribution is 2.34. The summed E-state index contributed by atoms with van der Waals surface area (Å²) in [6.07, 6.45) is -1.79. The van der Waals surface area contributed by atoms with Crippen LogP contribution in [-0.2, 0) is 6.54 Å². The van der Waals surface area contributed by atoms with E-state index in [1.807, 2.05) is 16.8 Å². The second kappa shape index (κ2) is 8.13. The zero-order chi connectivity index (χ0) is 22.2. The van der Waals surface area contributed by atoms with Gasteiger partial charge in [0, 0.05) is 25.7 Å². The van der Waals surface area contributed by atoms with E-state index < -0.39 is 6.36 Å². The number of halogens is 3. The van der Waals surface area contributed by atoms with Gasteiger partial charge in [-0.25, -0.2) is 0 Å². The van der Waals surface area contributed by atoms with Crippen molar-refractivity contribution >= 4 is 17.5 Å². The summed E-state index contributed by atoms with van der Waals surface area (Å²) >= 11 is 0. The molecule has 4 rings (SSSR count). The normalized spacial score (nSPS) is 18.3. The summed E-state index contributed by atoms with van der Waals surface area (Å²) < 4.78 is 40.6. The van der Waals surface area contributed by atoms with Crippen LogP contribution in [0.4, 0.5) is 18.9 Å². The second-order valence-corrected chi connectivity index (χ2v) is 7.69. The molecule has 9 heteroatoms. The van der Waals surface area contributed by atoms with Crippen molar-refractivity contribution in [2.45, 2.75) is 38.3 Å². The topological polar surface area (TPSA) is 61.9 Å². The Hall–Kier alpha value is -3.23. The first-order valence-electron chi connectivity index (χ1n) is 10.0. The molecule has 1 fully saturated rings. The number of alkyl halides is 3. The number of fused-ring (bicyclic) bond motifs is 2. The highest BCUT2D eigenvalue weighted by Gasteiger charge is 2.37. The van der Waals surface area contributed by atoms with Crippen molar-refractivity contribution in [2.75, 3.05) is 18.5 Å². The zero-order valence-electron chi connectivity index (χ0n) is 16.9. The first-order valence-corrected chi connectivity index (χ1v) is 10.0. The fourth-order valence-corrected chi connectivity index (χ4v) is 4.11. The molecule has 0 aliphatic carbocycles. The predicted molar refractivity (Wildman–Crippen MR) is 108 cm³/mol. The molecule has 0 aromatic heterocycles. The van der Waals surface area contributed by atoms with Crippen LogP contribution in [-0.4, -0.2) is 42.8 Å². The number of hydrogen-bond donors (Lipinski definition) is 1. The van der Waals surface area contributed by atoms with Crippen LogP contribution >= 0.6 is 0 Å². The maximum absolute atomic E-state index is 12.8. The number of carbonyl (C=O) groups excluding carboxylic acids is 2. The monoisotopic (exact) mass is 433 g/mol. The first-order chi connectivity index (χ1) is 14.7. The van der Waals surface area contributed by atoms with Gasteiger partial charge in [-0.1, -0.05) is 12.1 Å². The van der Waals surface area contributed by atoms with Crippen molar-refractivity contribution in [3.63, 3.8) is 0 Å². The number of rotatable bonds is 4. The van der Waals surface area contributed by atoms with Crippen LogP contribution < -0.4 is 15.0 Å². The van der Waals surface area contributed by atoms with Crippen LogP contribution in [0.15, 0.2) is 42.5 Å². The zero-order valence-corrected chi connectivity index (χ0v) is 16.9. The molecule has 2 aromatic carbocycles. The summed E-state index contributed by atoms with van der Waals surface area (Å²) in [6.45, 7) is 0.885. The molecule has 0 radical (unpaired) electrons. The van der Waals surface area contributed by atoms with E-state index in [-0.39, 0.29) is 30.3 Å². The Labute approximate surface area is 177 Å². The smallest absolute Gasteiger partial charge is 0.406 e. The van der Waals surface area contributed by atoms with Crippen molar-refractivity contribution in [3.05, 3.63) is 59.2 Å². The summed E-state index contributed by atoms with van der Waals surface area (Å²) in [6, 6.07) is 10.3. The molecule has 1 atom stereocenters. The summed E-state index contributed by atoms with van der Waals surface area (Å²) in [7, 11) is 1.93. The lowest BCUT2D eigenvalue weighted by Crippen LogP contribution is -2.55. The van der Waals surface area contributed by atoms with E-state index >= 15 is 0 Å². The third-order valence-corrected chi connectivity index (χ3v) is 5.66. The van der Waals surface area contributed by atoms with Crippen molar-refractivity contribution in [1.29, 1.82) is 0 Å². The van der Waals surface area contributed by atoms with Gasteiger partial charge in [-0.15, -0.1) is 13.2 Å². The van der Waals surface area contributed by atoms with E-state index in [1.165, 1.54) is 24.3 Å². The molecule has 1 unspecified atom stereocenters. The molecule has 1 saturated heterocycles. The minimum Gasteiger partial charge on any atom is -0.406 e. The van der Waals surface area contributed by atoms with Gasteiger partial charge >= 0.3 is 6.36 Å². The molecule has 2 heterocycles. The number of nitrogens with zero attached hydrogens (tertiary/aromatic N) is 2. The second-order valence-electron chi connectivity index (χ2n) is 7.69. The van der Waals surface area contributed by atoms with Gasteiger partial charge in [-0.2, -0.15) is 0 Å². The molecule has 0 bridgehead atoms. The lowest BCUT2D eigenvalue weighted by Gasteiger charge is -2.46. The summed E-state index contributed by atoms with van der Waals surface area (Å²) in [5.41, 5.74) is 2.36. The number of piperidine rings is 1. The maximum Gasteiger partial charge on any atom is 0.573 e. The van der Waals surface area contributed by atoms with Crippen LogP contribution in [0.5, 0.6) is 5.75 Å². The SMILES string of the molecule is CN1c2cc(C(=O)NCc3ccc(OC(F)(F)F)cc3)ccc2C(=O)N2CCCCC21. The predicted octanol–water partition coefficient (Wildman–Crippen LogP) is 3.92. The van der Waals surface area contributed by atoms with E-state index in [0.717, 1.165) is 31.5 Å². The standard InChI is InChI=1S/C22H22F3N3O3/c1-27-18-12-15(7-10-17(18)21(30)28-11-3-2-4-19(27)28)20(29)26-13-14-5-8-16(9-6-14)31-22(23,24)25/h5-10,12,19H,2-4,11,13H2,1H3,(H,26,29). The Kier molecular flexibility index (Phi) is 5.51. The Morgan fingerprint density at radius 2 is 1.90 bits per heavy atom. The van der Waals surface area contributed by atoms with Gasteiger partial charge in [-0.3, -0.25) is 9.59 Å². The van der Waals surface area contributed by atoms with Crippen molar-refractivity contribution in [3.8, 4) is 5.75 Å². The lowest BCUT2D eigenvalue weighted by atomic mass is 9.97. The fraction of sp³-hybridized carbons (Fsp3) is 0.364. The average molecular weight is 433 g/mol. The lowest BCUT2D eigenvalue weighted by molar-refractivity contribution is -0.274. The average Bonchev–Trinajstić information content (AvgIpc) is 2.75. The molecule has 0 saturated carbocycles. The first kappa shape index (κ1) is 21.0. The third kappa shape index (κ3) is 4.45. The van der Waals surface area contributed by atoms with E-state index in [2.05, 4.69) is 10.1 Å². The van der Waals surface area contributed by atoms with Crippen LogP contribution in [0.2, 0.25) is 0 Å². The van der Waals surface area contributed by atoms with Gasteiger partial charge < -0.3 is 19.9 Å². The number of amides is 2. The Morgan fingerprint density at radius 1 is 1.16 bits per heavy atom. The van der Waals surface area contributed by atoms with E-state index in [9.17, 15) is 22.8 Å². The van der Waals surface area contributed by atoms with Gasteiger partial charge in [0.15, 0.2) is 0 Å². The maximum atomic E-state index is 12.8. The van der Waals surface area contributed by atoms with Gasteiger partial charge in [0.2, 0.25) is 0 Å². The third-order valence-electron chi connectivity index (χ3n) is 5.66. The molecule has 31 heavy (non-hydrogen) atoms. The van der Waals surface area contributed by atoms with Crippen LogP contribution in [0, 0.1) is 0 Å². The number of anilines is 1. The number of hydrogen-bond acceptors (Lipinski definition) is 4. The Bertz CT molecular complexity index is 992. The molecule has 164 valence electrons. The molecule has 2 aliphatic rings. The van der Waals surface area contributed by atoms with E-state index in [4.69, 9.17) is 0 Å². The summed E-state index contributed by atoms with van der Waals surface area (Å²) in [5.74, 6) is -0.655. The molecule has 6 nitrogen and oxygen atoms in total. The quantitative estimate of drug-likeness (QED) is 0.794. The van der Waals surface area contributed by atoms with Gasteiger partial charge in [-0.05, 0) is 55.2 Å². The number of benzene rings is 2. The summed E-state index contributed by atoms with van der Waals surface area (Å²) in [4.78, 5) is 29.4. The minimum atomic E-state index is -4.74. The van der Waals surface area contributed by atoms with Gasteiger partial charge in [0.1, 0.15) is 11.9 Å². The Morgan fingerprint density at radius 3 is 2.61 bits per heavy atom. The fourth-order valence-electron chi connectivity index (χ4n) is 4.11. The van der Waals surface area contributed by atoms with Gasteiger partial charge in [0.25, 0.3) is 11.8 Å². The summed E-state index contributed by atoms with van der Waals surface area (Å²) in [5, 5.41) is 2.76. The number of ether oxygens (including phenoxy) is 1.